The van der Waals surface area contributed by atoms with Crippen molar-refractivity contribution in [3.63, 3.8) is 0 Å². The lowest BCUT2D eigenvalue weighted by molar-refractivity contribution is 0.631. The van der Waals surface area contributed by atoms with Gasteiger partial charge in [-0.3, -0.25) is 0 Å². The molecule has 0 bridgehead atoms. The Balaban J connectivity index is 2.84. The zero-order valence-electron chi connectivity index (χ0n) is 9.64. The molecule has 1 aromatic heterocycles. The zero-order chi connectivity index (χ0) is 11.3. The maximum Gasteiger partial charge on any atom is 0.205 e. The van der Waals surface area contributed by atoms with Gasteiger partial charge < -0.3 is 9.47 Å². The summed E-state index contributed by atoms with van der Waals surface area (Å²) in [5, 5.41) is 8.62. The molecule has 15 heavy (non-hydrogen) atoms. The number of imidazole rings is 1. The lowest BCUT2D eigenvalue weighted by atomic mass is 10.3. The van der Waals surface area contributed by atoms with E-state index < -0.39 is 0 Å². The minimum Gasteiger partial charge on any atom is -0.339 e. The molecule has 0 fully saturated rings. The first-order valence-corrected chi connectivity index (χ1v) is 5.35. The summed E-state index contributed by atoms with van der Waals surface area (Å²) >= 11 is 0. The van der Waals surface area contributed by atoms with Crippen LogP contribution < -0.4 is 4.90 Å². The van der Waals surface area contributed by atoms with Crippen molar-refractivity contribution in [2.45, 2.75) is 39.8 Å². The van der Waals surface area contributed by atoms with Crippen molar-refractivity contribution < 1.29 is 0 Å². The number of rotatable bonds is 5. The summed E-state index contributed by atoms with van der Waals surface area (Å²) in [6.45, 7) is 7.97. The second kappa shape index (κ2) is 5.40. The normalized spacial score (nSPS) is 10.3. The highest BCUT2D eigenvalue weighted by Gasteiger charge is 2.14. The van der Waals surface area contributed by atoms with Crippen LogP contribution >= 0.6 is 0 Å². The van der Waals surface area contributed by atoms with Gasteiger partial charge in [0.1, 0.15) is 0 Å². The maximum absolute atomic E-state index is 8.62. The van der Waals surface area contributed by atoms with Gasteiger partial charge in [0, 0.05) is 31.5 Å². The van der Waals surface area contributed by atoms with Crippen LogP contribution in [-0.2, 0) is 6.54 Å². The van der Waals surface area contributed by atoms with E-state index in [2.05, 4.69) is 41.3 Å². The van der Waals surface area contributed by atoms with E-state index in [0.717, 1.165) is 19.0 Å². The van der Waals surface area contributed by atoms with Gasteiger partial charge in [0.05, 0.1) is 12.5 Å². The van der Waals surface area contributed by atoms with E-state index in [9.17, 15) is 0 Å². The molecule has 0 saturated heterocycles. The molecule has 1 rings (SSSR count). The number of anilines is 1. The average molecular weight is 206 g/mol. The molecule has 1 heterocycles. The fourth-order valence-corrected chi connectivity index (χ4v) is 1.57. The molecule has 0 aromatic carbocycles. The topological polar surface area (TPSA) is 44.9 Å². The third kappa shape index (κ3) is 2.72. The fraction of sp³-hybridized carbons (Fsp3) is 0.636. The van der Waals surface area contributed by atoms with Gasteiger partial charge in [-0.15, -0.1) is 0 Å². The molecule has 0 aliphatic heterocycles. The predicted octanol–water partition coefficient (Wildman–Crippen LogP) is 2.03. The van der Waals surface area contributed by atoms with Crippen molar-refractivity contribution in [2.75, 3.05) is 11.4 Å². The number of nitrogens with zero attached hydrogens (tertiary/aromatic N) is 4. The summed E-state index contributed by atoms with van der Waals surface area (Å²) < 4.78 is 2.09. The van der Waals surface area contributed by atoms with Gasteiger partial charge in [-0.1, -0.05) is 0 Å². The molecule has 0 amide bonds. The Bertz CT molecular complexity index is 335. The first kappa shape index (κ1) is 11.6. The van der Waals surface area contributed by atoms with Gasteiger partial charge in [0.2, 0.25) is 5.95 Å². The number of aryl methyl sites for hydroxylation is 1. The highest BCUT2D eigenvalue weighted by molar-refractivity contribution is 5.32. The smallest absolute Gasteiger partial charge is 0.205 e. The van der Waals surface area contributed by atoms with Crippen LogP contribution in [-0.4, -0.2) is 22.1 Å². The van der Waals surface area contributed by atoms with Crippen LogP contribution in [0, 0.1) is 11.3 Å². The van der Waals surface area contributed by atoms with Gasteiger partial charge in [-0.2, -0.15) is 5.26 Å². The summed E-state index contributed by atoms with van der Waals surface area (Å²) in [7, 11) is 0. The Kier molecular flexibility index (Phi) is 4.17. The number of aromatic nitrogens is 2. The fourth-order valence-electron chi connectivity index (χ4n) is 1.57. The van der Waals surface area contributed by atoms with Crippen LogP contribution in [0.25, 0.3) is 0 Å². The highest BCUT2D eigenvalue weighted by atomic mass is 15.3. The summed E-state index contributed by atoms with van der Waals surface area (Å²) in [5.41, 5.74) is 0. The molecule has 4 nitrogen and oxygen atoms in total. The Hall–Kier alpha value is -1.50. The largest absolute Gasteiger partial charge is 0.339 e. The van der Waals surface area contributed by atoms with Crippen LogP contribution in [0.5, 0.6) is 0 Å². The van der Waals surface area contributed by atoms with Crippen LogP contribution in [0.2, 0.25) is 0 Å². The van der Waals surface area contributed by atoms with Gasteiger partial charge >= 0.3 is 0 Å². The number of hydrogen-bond acceptors (Lipinski definition) is 3. The van der Waals surface area contributed by atoms with Crippen LogP contribution in [0.1, 0.15) is 27.2 Å². The lowest BCUT2D eigenvalue weighted by Gasteiger charge is -2.27. The first-order valence-electron chi connectivity index (χ1n) is 5.35. The second-order valence-electron chi connectivity index (χ2n) is 3.71. The second-order valence-corrected chi connectivity index (χ2v) is 3.71. The SMILES string of the molecule is CCn1ccnc1N(CCC#N)C(C)C. The molecule has 0 spiro atoms. The van der Waals surface area contributed by atoms with E-state index in [4.69, 9.17) is 5.26 Å². The van der Waals surface area contributed by atoms with Crippen molar-refractivity contribution in [3.8, 4) is 6.07 Å². The molecule has 4 heteroatoms. The Labute approximate surface area is 91.1 Å². The molecular formula is C11H18N4. The first-order chi connectivity index (χ1) is 7.20. The molecule has 0 saturated carbocycles. The monoisotopic (exact) mass is 206 g/mol. The summed E-state index contributed by atoms with van der Waals surface area (Å²) in [6, 6.07) is 2.54. The Morgan fingerprint density at radius 1 is 1.60 bits per heavy atom. The van der Waals surface area contributed by atoms with Gasteiger partial charge in [-0.25, -0.2) is 4.98 Å². The van der Waals surface area contributed by atoms with E-state index in [1.807, 2.05) is 6.20 Å². The summed E-state index contributed by atoms with van der Waals surface area (Å²) in [5.74, 6) is 0.961. The zero-order valence-corrected chi connectivity index (χ0v) is 9.64. The van der Waals surface area contributed by atoms with E-state index >= 15 is 0 Å². The van der Waals surface area contributed by atoms with E-state index in [1.165, 1.54) is 0 Å². The third-order valence-corrected chi connectivity index (χ3v) is 2.38. The minimum atomic E-state index is 0.367. The lowest BCUT2D eigenvalue weighted by Crippen LogP contribution is -2.33. The molecule has 0 aliphatic rings. The highest BCUT2D eigenvalue weighted by Crippen LogP contribution is 2.14. The van der Waals surface area contributed by atoms with E-state index in [-0.39, 0.29) is 0 Å². The Morgan fingerprint density at radius 3 is 2.87 bits per heavy atom. The van der Waals surface area contributed by atoms with Gasteiger partial charge in [-0.05, 0) is 20.8 Å². The quantitative estimate of drug-likeness (QED) is 0.740. The molecule has 0 aliphatic carbocycles. The van der Waals surface area contributed by atoms with Crippen molar-refractivity contribution in [1.29, 1.82) is 5.26 Å². The van der Waals surface area contributed by atoms with Gasteiger partial charge in [0.15, 0.2) is 0 Å². The number of nitriles is 1. The van der Waals surface area contributed by atoms with Crippen molar-refractivity contribution in [2.24, 2.45) is 0 Å². The Morgan fingerprint density at radius 2 is 2.33 bits per heavy atom. The van der Waals surface area contributed by atoms with E-state index in [1.54, 1.807) is 6.20 Å². The van der Waals surface area contributed by atoms with Crippen LogP contribution in [0.4, 0.5) is 5.95 Å². The van der Waals surface area contributed by atoms with Crippen molar-refractivity contribution in [3.05, 3.63) is 12.4 Å². The average Bonchev–Trinajstić information content (AvgIpc) is 2.66. The summed E-state index contributed by atoms with van der Waals surface area (Å²) in [4.78, 5) is 6.50. The standard InChI is InChI=1S/C11H18N4/c1-4-14-9-7-13-11(14)15(10(2)3)8-5-6-12/h7,9-10H,4-5,8H2,1-3H3. The van der Waals surface area contributed by atoms with Gasteiger partial charge in [0.25, 0.3) is 0 Å². The minimum absolute atomic E-state index is 0.367. The molecule has 82 valence electrons. The van der Waals surface area contributed by atoms with E-state index in [0.29, 0.717) is 12.5 Å². The summed E-state index contributed by atoms with van der Waals surface area (Å²) in [6.07, 6.45) is 4.31. The third-order valence-electron chi connectivity index (χ3n) is 2.38. The van der Waals surface area contributed by atoms with Crippen LogP contribution in [0.15, 0.2) is 12.4 Å². The molecule has 0 atom stereocenters. The molecule has 0 radical (unpaired) electrons. The molecular weight excluding hydrogens is 188 g/mol. The molecule has 1 aromatic rings. The van der Waals surface area contributed by atoms with Crippen LogP contribution in [0.3, 0.4) is 0 Å². The maximum atomic E-state index is 8.62. The van der Waals surface area contributed by atoms with Crippen molar-refractivity contribution >= 4 is 5.95 Å². The van der Waals surface area contributed by atoms with Crippen molar-refractivity contribution in [1.82, 2.24) is 9.55 Å². The number of hydrogen-bond donors (Lipinski definition) is 0. The molecule has 0 N–H and O–H groups in total. The molecule has 0 unspecified atom stereocenters. The predicted molar refractivity (Wildman–Crippen MR) is 60.6 cm³/mol.